The fourth-order valence-electron chi connectivity index (χ4n) is 1.32. The zero-order chi connectivity index (χ0) is 10.1. The van der Waals surface area contributed by atoms with Crippen molar-refractivity contribution >= 4 is 21.4 Å². The first kappa shape index (κ1) is 9.00. The van der Waals surface area contributed by atoms with Crippen LogP contribution in [0.3, 0.4) is 0 Å². The van der Waals surface area contributed by atoms with Gasteiger partial charge >= 0.3 is 0 Å². The molecule has 70 valence electrons. The predicted molar refractivity (Wildman–Crippen MR) is 54.1 cm³/mol. The molecular formula is C10H7NO2S. The minimum Gasteiger partial charge on any atom is -0.508 e. The van der Waals surface area contributed by atoms with E-state index in [1.54, 1.807) is 11.4 Å². The molecule has 0 amide bonds. The monoisotopic (exact) mass is 205 g/mol. The van der Waals surface area contributed by atoms with E-state index in [0.29, 0.717) is 11.1 Å². The lowest BCUT2D eigenvalue weighted by atomic mass is 10.1. The van der Waals surface area contributed by atoms with E-state index in [-0.39, 0.29) is 12.4 Å². The Morgan fingerprint density at radius 3 is 2.86 bits per heavy atom. The number of aromatic hydroxyl groups is 1. The van der Waals surface area contributed by atoms with Gasteiger partial charge in [-0.3, -0.25) is 0 Å². The van der Waals surface area contributed by atoms with Crippen LogP contribution in [-0.4, -0.2) is 10.2 Å². The molecule has 0 saturated heterocycles. The molecule has 3 nitrogen and oxygen atoms in total. The SMILES string of the molecule is N#Cc1csc2cc(CO)c(O)cc12. The molecule has 0 aliphatic rings. The first-order valence-corrected chi connectivity index (χ1v) is 4.88. The molecule has 4 heteroatoms. The lowest BCUT2D eigenvalue weighted by Crippen LogP contribution is -1.83. The maximum Gasteiger partial charge on any atom is 0.121 e. The van der Waals surface area contributed by atoms with Gasteiger partial charge in [0.25, 0.3) is 0 Å². The number of rotatable bonds is 1. The standard InChI is InChI=1S/C10H7NO2S/c11-3-7-5-14-10-1-6(4-12)9(13)2-8(7)10/h1-2,5,12-13H,4H2. The highest BCUT2D eigenvalue weighted by atomic mass is 32.1. The van der Waals surface area contributed by atoms with E-state index < -0.39 is 0 Å². The smallest absolute Gasteiger partial charge is 0.121 e. The number of aliphatic hydroxyl groups is 1. The highest BCUT2D eigenvalue weighted by Gasteiger charge is 2.07. The van der Waals surface area contributed by atoms with E-state index in [2.05, 4.69) is 6.07 Å². The average Bonchev–Trinajstić information content (AvgIpc) is 2.58. The highest BCUT2D eigenvalue weighted by Crippen LogP contribution is 2.31. The van der Waals surface area contributed by atoms with E-state index in [1.165, 1.54) is 17.4 Å². The zero-order valence-corrected chi connectivity index (χ0v) is 8.01. The molecule has 0 atom stereocenters. The molecule has 0 unspecified atom stereocenters. The molecule has 0 bridgehead atoms. The molecule has 1 aromatic carbocycles. The Kier molecular flexibility index (Phi) is 2.12. The van der Waals surface area contributed by atoms with Crippen LogP contribution in [0.15, 0.2) is 17.5 Å². The summed E-state index contributed by atoms with van der Waals surface area (Å²) in [4.78, 5) is 0. The molecule has 1 heterocycles. The van der Waals surface area contributed by atoms with E-state index in [4.69, 9.17) is 10.4 Å². The molecule has 2 N–H and O–H groups in total. The molecule has 0 saturated carbocycles. The van der Waals surface area contributed by atoms with Crippen LogP contribution in [0.1, 0.15) is 11.1 Å². The summed E-state index contributed by atoms with van der Waals surface area (Å²) in [7, 11) is 0. The van der Waals surface area contributed by atoms with Gasteiger partial charge in [-0.1, -0.05) is 0 Å². The van der Waals surface area contributed by atoms with Gasteiger partial charge in [-0.05, 0) is 12.1 Å². The third-order valence-electron chi connectivity index (χ3n) is 2.07. The number of hydrogen-bond donors (Lipinski definition) is 2. The largest absolute Gasteiger partial charge is 0.508 e. The number of nitrogens with zero attached hydrogens (tertiary/aromatic N) is 1. The van der Waals surface area contributed by atoms with Crippen molar-refractivity contribution in [1.29, 1.82) is 5.26 Å². The van der Waals surface area contributed by atoms with Crippen molar-refractivity contribution in [2.24, 2.45) is 0 Å². The van der Waals surface area contributed by atoms with Crippen molar-refractivity contribution in [2.45, 2.75) is 6.61 Å². The zero-order valence-electron chi connectivity index (χ0n) is 7.19. The first-order valence-electron chi connectivity index (χ1n) is 4.00. The number of benzene rings is 1. The normalized spacial score (nSPS) is 10.3. The van der Waals surface area contributed by atoms with E-state index in [0.717, 1.165) is 10.1 Å². The Balaban J connectivity index is 2.77. The summed E-state index contributed by atoms with van der Waals surface area (Å²) in [6, 6.07) is 5.28. The van der Waals surface area contributed by atoms with Crippen LogP contribution in [0.25, 0.3) is 10.1 Å². The molecule has 2 aromatic rings. The molecule has 14 heavy (non-hydrogen) atoms. The van der Waals surface area contributed by atoms with Crippen LogP contribution in [0, 0.1) is 11.3 Å². The number of nitriles is 1. The van der Waals surface area contributed by atoms with E-state index >= 15 is 0 Å². The Morgan fingerprint density at radius 2 is 2.21 bits per heavy atom. The van der Waals surface area contributed by atoms with Crippen LogP contribution in [0.5, 0.6) is 5.75 Å². The number of aliphatic hydroxyl groups excluding tert-OH is 1. The van der Waals surface area contributed by atoms with Gasteiger partial charge in [0, 0.05) is 21.0 Å². The molecule has 0 aliphatic heterocycles. The molecule has 1 aromatic heterocycles. The van der Waals surface area contributed by atoms with Crippen molar-refractivity contribution in [3.8, 4) is 11.8 Å². The topological polar surface area (TPSA) is 64.2 Å². The molecular weight excluding hydrogens is 198 g/mol. The third kappa shape index (κ3) is 1.23. The second-order valence-corrected chi connectivity index (χ2v) is 3.81. The number of hydrogen-bond acceptors (Lipinski definition) is 4. The Labute approximate surface area is 84.5 Å². The maximum absolute atomic E-state index is 9.48. The van der Waals surface area contributed by atoms with Gasteiger partial charge in [-0.2, -0.15) is 5.26 Å². The average molecular weight is 205 g/mol. The van der Waals surface area contributed by atoms with Gasteiger partial charge in [0.2, 0.25) is 0 Å². The summed E-state index contributed by atoms with van der Waals surface area (Å²) >= 11 is 1.43. The van der Waals surface area contributed by atoms with Crippen molar-refractivity contribution in [3.05, 3.63) is 28.6 Å². The summed E-state index contributed by atoms with van der Waals surface area (Å²) in [5, 5.41) is 29.7. The van der Waals surface area contributed by atoms with Crippen molar-refractivity contribution in [1.82, 2.24) is 0 Å². The molecule has 2 rings (SSSR count). The predicted octanol–water partition coefficient (Wildman–Crippen LogP) is 1.97. The highest BCUT2D eigenvalue weighted by molar-refractivity contribution is 7.17. The second kappa shape index (κ2) is 3.29. The number of thiophene rings is 1. The summed E-state index contributed by atoms with van der Waals surface area (Å²) in [5.74, 6) is 0.0369. The number of fused-ring (bicyclic) bond motifs is 1. The fraction of sp³-hybridized carbons (Fsp3) is 0.100. The lowest BCUT2D eigenvalue weighted by Gasteiger charge is -2.00. The molecule has 0 spiro atoms. The van der Waals surface area contributed by atoms with Gasteiger partial charge in [-0.15, -0.1) is 11.3 Å². The van der Waals surface area contributed by atoms with Crippen LogP contribution in [0.2, 0.25) is 0 Å². The summed E-state index contributed by atoms with van der Waals surface area (Å²) < 4.78 is 0.906. The minimum atomic E-state index is -0.193. The minimum absolute atomic E-state index is 0.0369. The van der Waals surface area contributed by atoms with Crippen molar-refractivity contribution < 1.29 is 10.2 Å². The lowest BCUT2D eigenvalue weighted by molar-refractivity contribution is 0.276. The maximum atomic E-state index is 9.48. The van der Waals surface area contributed by atoms with Crippen LogP contribution in [-0.2, 0) is 6.61 Å². The fourth-order valence-corrected chi connectivity index (χ4v) is 2.25. The Morgan fingerprint density at radius 1 is 1.43 bits per heavy atom. The summed E-state index contributed by atoms with van der Waals surface area (Å²) in [6.45, 7) is -0.193. The molecule has 0 fully saturated rings. The first-order chi connectivity index (χ1) is 6.76. The van der Waals surface area contributed by atoms with Crippen LogP contribution < -0.4 is 0 Å². The van der Waals surface area contributed by atoms with E-state index in [9.17, 15) is 5.11 Å². The number of phenols is 1. The Hall–Kier alpha value is -1.57. The summed E-state index contributed by atoms with van der Waals surface area (Å²) in [6.07, 6.45) is 0. The van der Waals surface area contributed by atoms with Gasteiger partial charge in [0.05, 0.1) is 12.2 Å². The third-order valence-corrected chi connectivity index (χ3v) is 3.01. The quantitative estimate of drug-likeness (QED) is 0.748. The van der Waals surface area contributed by atoms with Gasteiger partial charge in [0.15, 0.2) is 0 Å². The van der Waals surface area contributed by atoms with Crippen molar-refractivity contribution in [2.75, 3.05) is 0 Å². The van der Waals surface area contributed by atoms with Gasteiger partial charge in [0.1, 0.15) is 11.8 Å². The van der Waals surface area contributed by atoms with Crippen molar-refractivity contribution in [3.63, 3.8) is 0 Å². The van der Waals surface area contributed by atoms with E-state index in [1.807, 2.05) is 0 Å². The second-order valence-electron chi connectivity index (χ2n) is 2.90. The van der Waals surface area contributed by atoms with Gasteiger partial charge < -0.3 is 10.2 Å². The van der Waals surface area contributed by atoms with Crippen LogP contribution in [0.4, 0.5) is 0 Å². The summed E-state index contributed by atoms with van der Waals surface area (Å²) in [5.41, 5.74) is 1.05. The molecule has 0 radical (unpaired) electrons. The van der Waals surface area contributed by atoms with Gasteiger partial charge in [-0.25, -0.2) is 0 Å². The molecule has 0 aliphatic carbocycles. The van der Waals surface area contributed by atoms with Crippen LogP contribution >= 0.6 is 11.3 Å². The Bertz CT molecular complexity index is 525.